The summed E-state index contributed by atoms with van der Waals surface area (Å²) in [5.41, 5.74) is 6.59. The van der Waals surface area contributed by atoms with E-state index in [1.54, 1.807) is 0 Å². The molecule has 0 radical (unpaired) electrons. The molecule has 3 rings (SSSR count). The lowest BCUT2D eigenvalue weighted by Gasteiger charge is -2.23. The number of hydrogen-bond acceptors (Lipinski definition) is 4. The average Bonchev–Trinajstić information content (AvgIpc) is 3.16. The summed E-state index contributed by atoms with van der Waals surface area (Å²) < 4.78 is 1.29. The number of likely N-dealkylation sites (tertiary alicyclic amines) is 1. The van der Waals surface area contributed by atoms with Crippen LogP contribution in [0.1, 0.15) is 28.9 Å². The highest BCUT2D eigenvalue weighted by Gasteiger charge is 2.30. The molecule has 0 bridgehead atoms. The first-order valence-corrected chi connectivity index (χ1v) is 7.67. The van der Waals surface area contributed by atoms with Crippen molar-refractivity contribution >= 4 is 11.8 Å². The normalized spacial score (nSPS) is 17.4. The molecule has 23 heavy (non-hydrogen) atoms. The van der Waals surface area contributed by atoms with Crippen molar-refractivity contribution in [3.05, 3.63) is 47.8 Å². The highest BCUT2D eigenvalue weighted by atomic mass is 16.2. The summed E-state index contributed by atoms with van der Waals surface area (Å²) in [7, 11) is 0. The Morgan fingerprint density at radius 3 is 2.78 bits per heavy atom. The number of rotatable bonds is 5. The second-order valence-electron chi connectivity index (χ2n) is 5.75. The van der Waals surface area contributed by atoms with E-state index in [4.69, 9.17) is 5.73 Å². The maximum absolute atomic E-state index is 12.6. The van der Waals surface area contributed by atoms with E-state index in [0.29, 0.717) is 0 Å². The highest BCUT2D eigenvalue weighted by Crippen LogP contribution is 2.22. The zero-order valence-corrected chi connectivity index (χ0v) is 12.8. The Hall–Kier alpha value is -2.70. The van der Waals surface area contributed by atoms with E-state index in [1.807, 2.05) is 23.1 Å². The number of carbonyl (C=O) groups excluding carboxylic acids is 2. The Morgan fingerprint density at radius 1 is 1.26 bits per heavy atom. The van der Waals surface area contributed by atoms with E-state index in [-0.39, 0.29) is 24.2 Å². The van der Waals surface area contributed by atoms with Crippen LogP contribution in [0.3, 0.4) is 0 Å². The standard InChI is InChI=1S/C16H19N5O2/c17-15(22)11-20-10-14(18-19-20)16(23)21-8-4-7-13(21)9-12-5-2-1-3-6-12/h1-3,5-6,10,13H,4,7-9,11H2,(H2,17,22). The van der Waals surface area contributed by atoms with Crippen molar-refractivity contribution in [1.82, 2.24) is 19.9 Å². The fraction of sp³-hybridized carbons (Fsp3) is 0.375. The van der Waals surface area contributed by atoms with Gasteiger partial charge in [-0.15, -0.1) is 5.10 Å². The molecule has 0 spiro atoms. The molecule has 1 aromatic carbocycles. The second-order valence-corrected chi connectivity index (χ2v) is 5.75. The van der Waals surface area contributed by atoms with E-state index < -0.39 is 5.91 Å². The van der Waals surface area contributed by atoms with Crippen LogP contribution in [-0.2, 0) is 17.8 Å². The van der Waals surface area contributed by atoms with Gasteiger partial charge in [0.25, 0.3) is 5.91 Å². The van der Waals surface area contributed by atoms with Gasteiger partial charge in [0.2, 0.25) is 5.91 Å². The molecule has 2 aromatic rings. The van der Waals surface area contributed by atoms with Gasteiger partial charge in [-0.2, -0.15) is 0 Å². The van der Waals surface area contributed by atoms with Gasteiger partial charge >= 0.3 is 0 Å². The van der Waals surface area contributed by atoms with E-state index in [2.05, 4.69) is 22.4 Å². The van der Waals surface area contributed by atoms with Gasteiger partial charge in [0.1, 0.15) is 6.54 Å². The molecule has 120 valence electrons. The summed E-state index contributed by atoms with van der Waals surface area (Å²) in [5, 5.41) is 7.65. The van der Waals surface area contributed by atoms with Crippen LogP contribution >= 0.6 is 0 Å². The Balaban J connectivity index is 1.70. The van der Waals surface area contributed by atoms with Crippen molar-refractivity contribution in [3.8, 4) is 0 Å². The third kappa shape index (κ3) is 3.56. The van der Waals surface area contributed by atoms with Crippen LogP contribution in [0.4, 0.5) is 0 Å². The third-order valence-corrected chi connectivity index (χ3v) is 4.03. The largest absolute Gasteiger partial charge is 0.368 e. The second kappa shape index (κ2) is 6.60. The maximum atomic E-state index is 12.6. The minimum absolute atomic E-state index is 0.0757. The van der Waals surface area contributed by atoms with Gasteiger partial charge in [-0.25, -0.2) is 4.68 Å². The van der Waals surface area contributed by atoms with Gasteiger partial charge in [0, 0.05) is 12.6 Å². The predicted octanol–water partition coefficient (Wildman–Crippen LogP) is 0.611. The quantitative estimate of drug-likeness (QED) is 0.875. The van der Waals surface area contributed by atoms with Gasteiger partial charge in [-0.1, -0.05) is 35.5 Å². The molecule has 0 aliphatic carbocycles. The van der Waals surface area contributed by atoms with Gasteiger partial charge in [0.15, 0.2) is 5.69 Å². The molecule has 2 amide bonds. The zero-order chi connectivity index (χ0) is 16.2. The summed E-state index contributed by atoms with van der Waals surface area (Å²) in [5.74, 6) is -0.656. The lowest BCUT2D eigenvalue weighted by atomic mass is 10.0. The van der Waals surface area contributed by atoms with Crippen molar-refractivity contribution in [2.45, 2.75) is 31.8 Å². The molecule has 0 saturated carbocycles. The minimum Gasteiger partial charge on any atom is -0.368 e. The minimum atomic E-state index is -0.517. The molecule has 1 aliphatic rings. The molecule has 1 aromatic heterocycles. The van der Waals surface area contributed by atoms with Crippen LogP contribution in [0.5, 0.6) is 0 Å². The summed E-state index contributed by atoms with van der Waals surface area (Å²) in [6, 6.07) is 10.3. The van der Waals surface area contributed by atoms with E-state index in [0.717, 1.165) is 25.8 Å². The van der Waals surface area contributed by atoms with E-state index >= 15 is 0 Å². The molecule has 1 aliphatic heterocycles. The molecule has 1 saturated heterocycles. The molecular formula is C16H19N5O2. The third-order valence-electron chi connectivity index (χ3n) is 4.03. The van der Waals surface area contributed by atoms with Crippen LogP contribution in [0.15, 0.2) is 36.5 Å². The Morgan fingerprint density at radius 2 is 2.04 bits per heavy atom. The van der Waals surface area contributed by atoms with Crippen molar-refractivity contribution in [2.75, 3.05) is 6.54 Å². The van der Waals surface area contributed by atoms with Gasteiger partial charge in [0.05, 0.1) is 6.20 Å². The Bertz CT molecular complexity index is 698. The lowest BCUT2D eigenvalue weighted by Crippen LogP contribution is -2.37. The number of primary amides is 1. The number of nitrogens with zero attached hydrogens (tertiary/aromatic N) is 4. The van der Waals surface area contributed by atoms with Crippen LogP contribution < -0.4 is 5.73 Å². The summed E-state index contributed by atoms with van der Waals surface area (Å²) in [4.78, 5) is 25.4. The summed E-state index contributed by atoms with van der Waals surface area (Å²) >= 11 is 0. The molecule has 7 nitrogen and oxygen atoms in total. The van der Waals surface area contributed by atoms with Crippen LogP contribution in [-0.4, -0.2) is 44.3 Å². The van der Waals surface area contributed by atoms with Gasteiger partial charge < -0.3 is 10.6 Å². The zero-order valence-electron chi connectivity index (χ0n) is 12.8. The van der Waals surface area contributed by atoms with Crippen molar-refractivity contribution in [2.24, 2.45) is 5.73 Å². The summed E-state index contributed by atoms with van der Waals surface area (Å²) in [6.07, 6.45) is 4.28. The van der Waals surface area contributed by atoms with Crippen LogP contribution in [0.25, 0.3) is 0 Å². The number of benzene rings is 1. The fourth-order valence-corrected chi connectivity index (χ4v) is 2.98. The SMILES string of the molecule is NC(=O)Cn1cc(C(=O)N2CCCC2Cc2ccccc2)nn1. The smallest absolute Gasteiger partial charge is 0.276 e. The first-order chi connectivity index (χ1) is 11.1. The van der Waals surface area contributed by atoms with E-state index in [9.17, 15) is 9.59 Å². The number of amides is 2. The highest BCUT2D eigenvalue weighted by molar-refractivity contribution is 5.92. The molecule has 2 heterocycles. The first kappa shape index (κ1) is 15.2. The number of aromatic nitrogens is 3. The van der Waals surface area contributed by atoms with Crippen molar-refractivity contribution in [1.29, 1.82) is 0 Å². The Labute approximate surface area is 134 Å². The van der Waals surface area contributed by atoms with Gasteiger partial charge in [-0.3, -0.25) is 9.59 Å². The molecule has 7 heteroatoms. The maximum Gasteiger partial charge on any atom is 0.276 e. The average molecular weight is 313 g/mol. The summed E-state index contributed by atoms with van der Waals surface area (Å²) in [6.45, 7) is 0.646. The number of hydrogen-bond donors (Lipinski definition) is 1. The number of nitrogens with two attached hydrogens (primary N) is 1. The molecule has 1 atom stereocenters. The van der Waals surface area contributed by atoms with Crippen molar-refractivity contribution in [3.63, 3.8) is 0 Å². The fourth-order valence-electron chi connectivity index (χ4n) is 2.98. The van der Waals surface area contributed by atoms with Crippen LogP contribution in [0, 0.1) is 0 Å². The Kier molecular flexibility index (Phi) is 4.36. The van der Waals surface area contributed by atoms with Gasteiger partial charge in [-0.05, 0) is 24.8 Å². The molecule has 1 unspecified atom stereocenters. The monoisotopic (exact) mass is 313 g/mol. The topological polar surface area (TPSA) is 94.1 Å². The molecule has 2 N–H and O–H groups in total. The van der Waals surface area contributed by atoms with Crippen LogP contribution in [0.2, 0.25) is 0 Å². The predicted molar refractivity (Wildman–Crippen MR) is 83.4 cm³/mol. The van der Waals surface area contributed by atoms with E-state index in [1.165, 1.54) is 16.4 Å². The van der Waals surface area contributed by atoms with Crippen molar-refractivity contribution < 1.29 is 9.59 Å². The molecular weight excluding hydrogens is 294 g/mol. The molecule has 1 fully saturated rings. The number of carbonyl (C=O) groups is 2. The lowest BCUT2D eigenvalue weighted by molar-refractivity contribution is -0.118. The first-order valence-electron chi connectivity index (χ1n) is 7.67.